The van der Waals surface area contributed by atoms with Crippen LogP contribution < -0.4 is 5.32 Å². The molecule has 1 N–H and O–H groups in total. The second-order valence-electron chi connectivity index (χ2n) is 4.34. The van der Waals surface area contributed by atoms with Crippen molar-refractivity contribution in [3.8, 4) is 0 Å². The maximum Gasteiger partial charge on any atom is 0.269 e. The lowest BCUT2D eigenvalue weighted by Gasteiger charge is -2.07. The number of rotatable bonds is 5. The first-order chi connectivity index (χ1) is 10.1. The smallest absolute Gasteiger partial charge is 0.269 e. The summed E-state index contributed by atoms with van der Waals surface area (Å²) in [4.78, 5) is 10.2. The third-order valence-electron chi connectivity index (χ3n) is 2.80. The number of benzene rings is 2. The highest BCUT2D eigenvalue weighted by Gasteiger charge is 2.05. The van der Waals surface area contributed by atoms with Crippen molar-refractivity contribution in [1.82, 2.24) is 5.32 Å². The molecule has 0 radical (unpaired) electrons. The zero-order valence-electron chi connectivity index (χ0n) is 11.2. The quantitative estimate of drug-likeness (QED) is 0.515. The number of non-ortho nitro benzene ring substituents is 1. The molecule has 0 saturated heterocycles. The maximum atomic E-state index is 10.6. The Morgan fingerprint density at radius 1 is 1.10 bits per heavy atom. The molecule has 0 aliphatic heterocycles. The van der Waals surface area contributed by atoms with Crippen LogP contribution in [0.3, 0.4) is 0 Å². The fourth-order valence-electron chi connectivity index (χ4n) is 1.68. The lowest BCUT2D eigenvalue weighted by molar-refractivity contribution is -0.384. The molecule has 6 heteroatoms. The molecule has 0 heterocycles. The van der Waals surface area contributed by atoms with Gasteiger partial charge in [-0.25, -0.2) is 0 Å². The molecular formula is C15H14N2O2S2. The second kappa shape index (κ2) is 7.75. The number of nitro groups is 1. The van der Waals surface area contributed by atoms with Gasteiger partial charge in [0.15, 0.2) is 0 Å². The van der Waals surface area contributed by atoms with Crippen LogP contribution in [0.4, 0.5) is 5.69 Å². The molecule has 21 heavy (non-hydrogen) atoms. The zero-order chi connectivity index (χ0) is 15.1. The van der Waals surface area contributed by atoms with Crippen molar-refractivity contribution in [3.63, 3.8) is 0 Å². The summed E-state index contributed by atoms with van der Waals surface area (Å²) in [7, 11) is 0. The minimum atomic E-state index is -0.400. The first-order valence-electron chi connectivity index (χ1n) is 6.33. The highest BCUT2D eigenvalue weighted by atomic mass is 32.2. The number of nitro benzene ring substituents is 1. The second-order valence-corrected chi connectivity index (χ2v) is 5.99. The molecule has 0 fully saturated rings. The van der Waals surface area contributed by atoms with Crippen LogP contribution in [0.2, 0.25) is 0 Å². The third-order valence-corrected chi connectivity index (χ3v) is 4.18. The van der Waals surface area contributed by atoms with E-state index >= 15 is 0 Å². The standard InChI is InChI=1S/C15H14N2O2S2/c18-17(19)14-8-6-13(7-9-14)11-21-15(20)16-10-12-4-2-1-3-5-12/h1-9H,10-11H2,(H,16,20). The lowest BCUT2D eigenvalue weighted by Crippen LogP contribution is -2.17. The summed E-state index contributed by atoms with van der Waals surface area (Å²) in [6.45, 7) is 0.701. The van der Waals surface area contributed by atoms with E-state index in [4.69, 9.17) is 12.2 Å². The van der Waals surface area contributed by atoms with Crippen molar-refractivity contribution < 1.29 is 4.92 Å². The first-order valence-corrected chi connectivity index (χ1v) is 7.72. The van der Waals surface area contributed by atoms with Gasteiger partial charge in [0, 0.05) is 24.4 Å². The highest BCUT2D eigenvalue weighted by molar-refractivity contribution is 8.22. The highest BCUT2D eigenvalue weighted by Crippen LogP contribution is 2.17. The van der Waals surface area contributed by atoms with Crippen molar-refractivity contribution in [2.75, 3.05) is 0 Å². The van der Waals surface area contributed by atoms with E-state index in [0.717, 1.165) is 9.88 Å². The molecule has 0 aliphatic carbocycles. The molecule has 2 aromatic rings. The Kier molecular flexibility index (Phi) is 5.71. The molecule has 0 aromatic heterocycles. The van der Waals surface area contributed by atoms with E-state index in [0.29, 0.717) is 12.3 Å². The molecule has 0 aliphatic rings. The minimum absolute atomic E-state index is 0.105. The Hall–Kier alpha value is -1.92. The summed E-state index contributed by atoms with van der Waals surface area (Å²) in [5.41, 5.74) is 2.29. The molecule has 4 nitrogen and oxygen atoms in total. The van der Waals surface area contributed by atoms with Gasteiger partial charge in [0.25, 0.3) is 5.69 Å². The minimum Gasteiger partial charge on any atom is -0.367 e. The van der Waals surface area contributed by atoms with Crippen LogP contribution in [0.15, 0.2) is 54.6 Å². The molecule has 0 atom stereocenters. The molecule has 2 rings (SSSR count). The zero-order valence-corrected chi connectivity index (χ0v) is 12.8. The fraction of sp³-hybridized carbons (Fsp3) is 0.133. The van der Waals surface area contributed by atoms with Crippen LogP contribution in [-0.4, -0.2) is 9.24 Å². The summed E-state index contributed by atoms with van der Waals surface area (Å²) in [6, 6.07) is 16.6. The van der Waals surface area contributed by atoms with Gasteiger partial charge in [-0.1, -0.05) is 66.4 Å². The van der Waals surface area contributed by atoms with Gasteiger partial charge < -0.3 is 5.32 Å². The molecule has 0 unspecified atom stereocenters. The van der Waals surface area contributed by atoms with Crippen molar-refractivity contribution >= 4 is 34.0 Å². The Labute approximate surface area is 132 Å². The van der Waals surface area contributed by atoms with E-state index in [1.807, 2.05) is 30.3 Å². The molecule has 0 saturated carbocycles. The fourth-order valence-corrected chi connectivity index (χ4v) is 2.60. The summed E-state index contributed by atoms with van der Waals surface area (Å²) in [5, 5.41) is 13.8. The Morgan fingerprint density at radius 3 is 2.38 bits per heavy atom. The van der Waals surface area contributed by atoms with E-state index in [2.05, 4.69) is 5.32 Å². The molecule has 0 amide bonds. The maximum absolute atomic E-state index is 10.6. The van der Waals surface area contributed by atoms with Crippen molar-refractivity contribution in [1.29, 1.82) is 0 Å². The van der Waals surface area contributed by atoms with Gasteiger partial charge in [-0.2, -0.15) is 0 Å². The molecule has 108 valence electrons. The Bertz CT molecular complexity index is 615. The summed E-state index contributed by atoms with van der Waals surface area (Å²) in [6.07, 6.45) is 0. The van der Waals surface area contributed by atoms with Crippen LogP contribution in [0.5, 0.6) is 0 Å². The number of nitrogens with one attached hydrogen (secondary N) is 1. The number of thioether (sulfide) groups is 1. The normalized spacial score (nSPS) is 10.1. The summed E-state index contributed by atoms with van der Waals surface area (Å²) < 4.78 is 0.720. The molecule has 0 spiro atoms. The largest absolute Gasteiger partial charge is 0.367 e. The SMILES string of the molecule is O=[N+]([O-])c1ccc(CSC(=S)NCc2ccccc2)cc1. The predicted octanol–water partition coefficient (Wildman–Crippen LogP) is 3.90. The number of nitrogens with zero attached hydrogens (tertiary/aromatic N) is 1. The summed E-state index contributed by atoms with van der Waals surface area (Å²) >= 11 is 6.78. The molecule has 2 aromatic carbocycles. The Balaban J connectivity index is 1.77. The predicted molar refractivity (Wildman–Crippen MR) is 90.3 cm³/mol. The van der Waals surface area contributed by atoms with Crippen LogP contribution in [0.1, 0.15) is 11.1 Å². The first kappa shape index (κ1) is 15.5. The summed E-state index contributed by atoms with van der Waals surface area (Å²) in [5.74, 6) is 0.693. The lowest BCUT2D eigenvalue weighted by atomic mass is 10.2. The van der Waals surface area contributed by atoms with Gasteiger partial charge >= 0.3 is 0 Å². The van der Waals surface area contributed by atoms with Gasteiger partial charge in [-0.15, -0.1) is 0 Å². The van der Waals surface area contributed by atoms with Crippen LogP contribution in [0, 0.1) is 10.1 Å². The van der Waals surface area contributed by atoms with Crippen molar-refractivity contribution in [3.05, 3.63) is 75.8 Å². The van der Waals surface area contributed by atoms with E-state index in [1.54, 1.807) is 12.1 Å². The van der Waals surface area contributed by atoms with E-state index in [-0.39, 0.29) is 5.69 Å². The number of thiocarbonyl (C=S) groups is 1. The van der Waals surface area contributed by atoms with E-state index in [9.17, 15) is 10.1 Å². The number of hydrogen-bond donors (Lipinski definition) is 1. The average Bonchev–Trinajstić information content (AvgIpc) is 2.52. The van der Waals surface area contributed by atoms with Gasteiger partial charge in [0.2, 0.25) is 0 Å². The van der Waals surface area contributed by atoms with Crippen LogP contribution >= 0.6 is 24.0 Å². The number of hydrogen-bond acceptors (Lipinski definition) is 4. The topological polar surface area (TPSA) is 55.2 Å². The monoisotopic (exact) mass is 318 g/mol. The van der Waals surface area contributed by atoms with Crippen molar-refractivity contribution in [2.45, 2.75) is 12.3 Å². The van der Waals surface area contributed by atoms with Gasteiger partial charge in [-0.3, -0.25) is 10.1 Å². The van der Waals surface area contributed by atoms with E-state index < -0.39 is 4.92 Å². The molecular weight excluding hydrogens is 304 g/mol. The van der Waals surface area contributed by atoms with Crippen LogP contribution in [0.25, 0.3) is 0 Å². The van der Waals surface area contributed by atoms with Crippen LogP contribution in [-0.2, 0) is 12.3 Å². The molecule has 0 bridgehead atoms. The van der Waals surface area contributed by atoms with Crippen molar-refractivity contribution in [2.24, 2.45) is 0 Å². The van der Waals surface area contributed by atoms with Gasteiger partial charge in [0.05, 0.1) is 4.92 Å². The van der Waals surface area contributed by atoms with Gasteiger partial charge in [0.1, 0.15) is 4.32 Å². The van der Waals surface area contributed by atoms with E-state index in [1.165, 1.54) is 29.5 Å². The van der Waals surface area contributed by atoms with Gasteiger partial charge in [-0.05, 0) is 11.1 Å². The third kappa shape index (κ3) is 5.17. The average molecular weight is 318 g/mol. The Morgan fingerprint density at radius 2 is 1.76 bits per heavy atom.